The first-order valence-electron chi connectivity index (χ1n) is 3.40. The van der Waals surface area contributed by atoms with Gasteiger partial charge in [0.2, 0.25) is 0 Å². The molecule has 0 fully saturated rings. The van der Waals surface area contributed by atoms with Crippen molar-refractivity contribution < 1.29 is 0 Å². The molecule has 0 saturated heterocycles. The second-order valence-corrected chi connectivity index (χ2v) is 2.35. The van der Waals surface area contributed by atoms with Crippen LogP contribution < -0.4 is 0 Å². The van der Waals surface area contributed by atoms with Gasteiger partial charge in [-0.25, -0.2) is 0 Å². The van der Waals surface area contributed by atoms with Gasteiger partial charge in [-0.05, 0) is 10.8 Å². The minimum atomic E-state index is 0. The molecule has 11 heavy (non-hydrogen) atoms. The van der Waals surface area contributed by atoms with E-state index >= 15 is 0 Å². The number of fused-ring (bicyclic) bond motifs is 1. The molecule has 0 heterocycles. The van der Waals surface area contributed by atoms with E-state index in [0.717, 1.165) is 0 Å². The molecule has 0 aliphatic heterocycles. The van der Waals surface area contributed by atoms with Gasteiger partial charge in [0.15, 0.2) is 0 Å². The Kier molecular flexibility index (Phi) is 4.20. The third kappa shape index (κ3) is 2.34. The Morgan fingerprint density at radius 2 is 0.818 bits per heavy atom. The minimum Gasteiger partial charge on any atom is -0.0616 e. The molecule has 2 aromatic carbocycles. The van der Waals surface area contributed by atoms with Crippen molar-refractivity contribution >= 4 is 79.7 Å². The molecule has 0 aromatic heterocycles. The quantitative estimate of drug-likeness (QED) is 0.683. The average molecular weight is 261 g/mol. The summed E-state index contributed by atoms with van der Waals surface area (Å²) in [7, 11) is 0. The average Bonchev–Trinajstić information content (AvgIpc) is 2.05. The smallest absolute Gasteiger partial charge is 0 e. The SMILES string of the molecule is [Cs].c1ccc2ccccc2c1. The van der Waals surface area contributed by atoms with Crippen molar-refractivity contribution in [1.82, 2.24) is 0 Å². The molecule has 0 aliphatic carbocycles. The molecule has 2 rings (SSSR count). The van der Waals surface area contributed by atoms with E-state index in [4.69, 9.17) is 0 Å². The van der Waals surface area contributed by atoms with Gasteiger partial charge in [0.05, 0.1) is 0 Å². The molecular weight excluding hydrogens is 253 g/mol. The monoisotopic (exact) mass is 261 g/mol. The molecule has 1 heteroatoms. The number of hydrogen-bond donors (Lipinski definition) is 0. The van der Waals surface area contributed by atoms with E-state index in [2.05, 4.69) is 48.5 Å². The summed E-state index contributed by atoms with van der Waals surface area (Å²) in [5.41, 5.74) is 0. The summed E-state index contributed by atoms with van der Waals surface area (Å²) in [4.78, 5) is 0. The third-order valence-electron chi connectivity index (χ3n) is 1.66. The standard InChI is InChI=1S/C10H8.Cs/c1-2-6-10-8-4-3-7-9(10)5-1;/h1-8H;. The molecule has 0 nitrogen and oxygen atoms in total. The van der Waals surface area contributed by atoms with Crippen LogP contribution in [0.4, 0.5) is 0 Å². The first kappa shape index (κ1) is 9.84. The summed E-state index contributed by atoms with van der Waals surface area (Å²) in [6.07, 6.45) is 0. The Balaban J connectivity index is 0.000000605. The first-order chi connectivity index (χ1) is 4.97. The molecule has 0 bridgehead atoms. The Morgan fingerprint density at radius 3 is 1.09 bits per heavy atom. The van der Waals surface area contributed by atoms with Gasteiger partial charge >= 0.3 is 0 Å². The molecule has 0 spiro atoms. The van der Waals surface area contributed by atoms with Crippen LogP contribution in [0.2, 0.25) is 0 Å². The molecule has 49 valence electrons. The normalized spacial score (nSPS) is 9.09. The Morgan fingerprint density at radius 1 is 0.545 bits per heavy atom. The second kappa shape index (κ2) is 4.70. The largest absolute Gasteiger partial charge is 0.0616 e. The van der Waals surface area contributed by atoms with Gasteiger partial charge in [0.25, 0.3) is 0 Å². The molecule has 2 aromatic rings. The van der Waals surface area contributed by atoms with E-state index in [-0.39, 0.29) is 68.9 Å². The van der Waals surface area contributed by atoms with Gasteiger partial charge in [0, 0.05) is 68.9 Å². The topological polar surface area (TPSA) is 0 Å². The second-order valence-electron chi connectivity index (χ2n) is 2.35. The maximum Gasteiger partial charge on any atom is 0 e. The van der Waals surface area contributed by atoms with E-state index in [1.165, 1.54) is 10.8 Å². The van der Waals surface area contributed by atoms with Crippen LogP contribution in [0.15, 0.2) is 48.5 Å². The summed E-state index contributed by atoms with van der Waals surface area (Å²) in [6.45, 7) is 0. The van der Waals surface area contributed by atoms with Crippen LogP contribution in [0, 0.1) is 0 Å². The molecule has 0 N–H and O–H groups in total. The number of hydrogen-bond acceptors (Lipinski definition) is 0. The fourth-order valence-electron chi connectivity index (χ4n) is 1.13. The van der Waals surface area contributed by atoms with Gasteiger partial charge in [-0.1, -0.05) is 48.5 Å². The zero-order valence-corrected chi connectivity index (χ0v) is 12.9. The van der Waals surface area contributed by atoms with Crippen molar-refractivity contribution in [3.05, 3.63) is 48.5 Å². The van der Waals surface area contributed by atoms with Crippen LogP contribution in [0.25, 0.3) is 10.8 Å². The zero-order valence-electron chi connectivity index (χ0n) is 6.62. The van der Waals surface area contributed by atoms with Crippen molar-refractivity contribution in [2.75, 3.05) is 0 Å². The molecule has 0 aliphatic rings. The van der Waals surface area contributed by atoms with E-state index in [1.807, 2.05) is 0 Å². The van der Waals surface area contributed by atoms with Crippen molar-refractivity contribution in [1.29, 1.82) is 0 Å². The molecule has 0 atom stereocenters. The molecule has 0 amide bonds. The van der Waals surface area contributed by atoms with Crippen LogP contribution in [0.1, 0.15) is 0 Å². The van der Waals surface area contributed by atoms with E-state index in [1.54, 1.807) is 0 Å². The van der Waals surface area contributed by atoms with Crippen LogP contribution in [-0.2, 0) is 0 Å². The maximum atomic E-state index is 2.12. The van der Waals surface area contributed by atoms with Crippen LogP contribution in [-0.4, -0.2) is 68.9 Å². The molecule has 1 radical (unpaired) electrons. The van der Waals surface area contributed by atoms with E-state index in [0.29, 0.717) is 0 Å². The van der Waals surface area contributed by atoms with Crippen LogP contribution in [0.3, 0.4) is 0 Å². The van der Waals surface area contributed by atoms with Gasteiger partial charge in [-0.15, -0.1) is 0 Å². The molecule has 0 unspecified atom stereocenters. The van der Waals surface area contributed by atoms with Gasteiger partial charge in [0.1, 0.15) is 0 Å². The van der Waals surface area contributed by atoms with E-state index < -0.39 is 0 Å². The van der Waals surface area contributed by atoms with Crippen LogP contribution >= 0.6 is 0 Å². The summed E-state index contributed by atoms with van der Waals surface area (Å²) in [6, 6.07) is 16.7. The first-order valence-corrected chi connectivity index (χ1v) is 3.40. The van der Waals surface area contributed by atoms with Gasteiger partial charge in [-0.2, -0.15) is 0 Å². The number of rotatable bonds is 0. The van der Waals surface area contributed by atoms with Crippen molar-refractivity contribution in [3.63, 3.8) is 0 Å². The van der Waals surface area contributed by atoms with Gasteiger partial charge < -0.3 is 0 Å². The molecular formula is C10H8Cs. The predicted octanol–water partition coefficient (Wildman–Crippen LogP) is 2.46. The zero-order chi connectivity index (χ0) is 6.81. The summed E-state index contributed by atoms with van der Waals surface area (Å²) < 4.78 is 0. The summed E-state index contributed by atoms with van der Waals surface area (Å²) >= 11 is 0. The van der Waals surface area contributed by atoms with Crippen molar-refractivity contribution in [3.8, 4) is 0 Å². The third-order valence-corrected chi connectivity index (χ3v) is 1.66. The van der Waals surface area contributed by atoms with Crippen molar-refractivity contribution in [2.45, 2.75) is 0 Å². The Bertz CT molecular complexity index is 276. The Labute approximate surface area is 125 Å². The summed E-state index contributed by atoms with van der Waals surface area (Å²) in [5.74, 6) is 0. The summed E-state index contributed by atoms with van der Waals surface area (Å²) in [5, 5.41) is 2.62. The Hall–Kier alpha value is 0.752. The fraction of sp³-hybridized carbons (Fsp3) is 0. The predicted molar refractivity (Wildman–Crippen MR) is 49.7 cm³/mol. The van der Waals surface area contributed by atoms with E-state index in [9.17, 15) is 0 Å². The van der Waals surface area contributed by atoms with Crippen molar-refractivity contribution in [2.24, 2.45) is 0 Å². The fourth-order valence-corrected chi connectivity index (χ4v) is 1.13. The molecule has 0 saturated carbocycles. The van der Waals surface area contributed by atoms with Crippen LogP contribution in [0.5, 0.6) is 0 Å². The maximum absolute atomic E-state index is 2.12. The van der Waals surface area contributed by atoms with Gasteiger partial charge in [-0.3, -0.25) is 0 Å². The number of benzene rings is 2. The minimum absolute atomic E-state index is 0.